The van der Waals surface area contributed by atoms with Gasteiger partial charge in [-0.15, -0.1) is 0 Å². The highest BCUT2D eigenvalue weighted by molar-refractivity contribution is 6.37. The van der Waals surface area contributed by atoms with Gasteiger partial charge in [0.1, 0.15) is 5.75 Å². The van der Waals surface area contributed by atoms with Crippen LogP contribution in [0.2, 0.25) is 0 Å². The van der Waals surface area contributed by atoms with E-state index in [1.54, 1.807) is 60.7 Å². The van der Waals surface area contributed by atoms with E-state index in [1.165, 1.54) is 7.11 Å². The molecule has 0 aromatic heterocycles. The summed E-state index contributed by atoms with van der Waals surface area (Å²) in [5, 5.41) is 0. The van der Waals surface area contributed by atoms with E-state index in [0.29, 0.717) is 17.0 Å². The monoisotopic (exact) mass is 467 g/mol. The van der Waals surface area contributed by atoms with Gasteiger partial charge >= 0.3 is 0 Å². The van der Waals surface area contributed by atoms with Crippen molar-refractivity contribution in [3.05, 3.63) is 95.1 Å². The van der Waals surface area contributed by atoms with Crippen molar-refractivity contribution >= 4 is 29.1 Å². The predicted molar refractivity (Wildman–Crippen MR) is 125 cm³/mol. The van der Waals surface area contributed by atoms with E-state index in [4.69, 9.17) is 9.47 Å². The van der Waals surface area contributed by atoms with Crippen LogP contribution in [0.4, 0.5) is 5.69 Å². The topological polar surface area (TPSA) is 90.0 Å². The van der Waals surface area contributed by atoms with Gasteiger partial charge in [0.25, 0.3) is 0 Å². The van der Waals surface area contributed by atoms with E-state index in [2.05, 4.69) is 0 Å². The number of rotatable bonds is 3. The second-order valence-electron chi connectivity index (χ2n) is 9.10. The highest BCUT2D eigenvalue weighted by Gasteiger charge is 2.74. The number of methoxy groups -OCH3 is 1. The summed E-state index contributed by atoms with van der Waals surface area (Å²) in [5.74, 6) is -3.97. The molecule has 1 spiro atoms. The maximum Gasteiger partial charge on any atom is 0.241 e. The van der Waals surface area contributed by atoms with Crippen molar-refractivity contribution in [1.29, 1.82) is 0 Å². The third-order valence-corrected chi connectivity index (χ3v) is 7.26. The molecule has 0 saturated carbocycles. The van der Waals surface area contributed by atoms with Crippen LogP contribution in [0.25, 0.3) is 0 Å². The van der Waals surface area contributed by atoms with Crippen molar-refractivity contribution in [2.24, 2.45) is 11.8 Å². The summed E-state index contributed by atoms with van der Waals surface area (Å²) in [6.45, 7) is 1.93. The summed E-state index contributed by atoms with van der Waals surface area (Å²) >= 11 is 0. The van der Waals surface area contributed by atoms with Gasteiger partial charge in [-0.3, -0.25) is 19.2 Å². The highest BCUT2D eigenvalue weighted by Crippen LogP contribution is 2.57. The normalized spacial score (nSPS) is 24.3. The molecular weight excluding hydrogens is 446 g/mol. The lowest BCUT2D eigenvalue weighted by Gasteiger charge is -2.27. The number of ether oxygens (including phenoxy) is 2. The van der Waals surface area contributed by atoms with Gasteiger partial charge in [-0.1, -0.05) is 54.1 Å². The first-order chi connectivity index (χ1) is 16.9. The van der Waals surface area contributed by atoms with E-state index in [-0.39, 0.29) is 11.1 Å². The molecule has 2 heterocycles. The number of amides is 2. The number of anilines is 1. The Labute approximate surface area is 201 Å². The summed E-state index contributed by atoms with van der Waals surface area (Å²) in [4.78, 5) is 56.2. The fourth-order valence-electron chi connectivity index (χ4n) is 5.56. The van der Waals surface area contributed by atoms with Crippen molar-refractivity contribution < 1.29 is 28.7 Å². The fraction of sp³-hybridized carbons (Fsp3) is 0.214. The lowest BCUT2D eigenvalue weighted by Crippen LogP contribution is -2.51. The van der Waals surface area contributed by atoms with Gasteiger partial charge in [-0.25, -0.2) is 4.90 Å². The molecule has 2 aliphatic heterocycles. The molecule has 0 radical (unpaired) electrons. The quantitative estimate of drug-likeness (QED) is 0.431. The van der Waals surface area contributed by atoms with Crippen LogP contribution in [0.15, 0.2) is 72.8 Å². The van der Waals surface area contributed by atoms with Crippen LogP contribution in [0.5, 0.6) is 5.75 Å². The summed E-state index contributed by atoms with van der Waals surface area (Å²) in [6.07, 6.45) is -0.928. The van der Waals surface area contributed by atoms with Crippen LogP contribution in [0.1, 0.15) is 37.9 Å². The second-order valence-corrected chi connectivity index (χ2v) is 9.10. The minimum atomic E-state index is -2.07. The number of ketones is 2. The van der Waals surface area contributed by atoms with Crippen molar-refractivity contribution in [3.8, 4) is 5.75 Å². The largest absolute Gasteiger partial charge is 0.497 e. The molecule has 0 unspecified atom stereocenters. The Kier molecular flexibility index (Phi) is 4.56. The number of nitrogens with zero attached hydrogens (tertiary/aromatic N) is 1. The molecule has 35 heavy (non-hydrogen) atoms. The molecular formula is C28H21NO6. The standard InChI is InChI=1S/C28H21NO6/c1-15-7-9-16(10-8-15)23-21-22(27(33)29(26(21)32)17-11-13-18(34-2)14-12-17)28(35-23)24(30)19-5-3-4-6-20(19)25(28)31/h3-14,21-23H,1-2H3/t21-,22+,23+/m1/s1. The Morgan fingerprint density at radius 1 is 0.800 bits per heavy atom. The molecule has 3 aromatic rings. The maximum absolute atomic E-state index is 13.9. The van der Waals surface area contributed by atoms with E-state index >= 15 is 0 Å². The fourth-order valence-corrected chi connectivity index (χ4v) is 5.56. The Balaban J connectivity index is 1.52. The molecule has 2 amide bonds. The number of Topliss-reactive ketones (excluding diaryl/α,β-unsaturated/α-hetero) is 2. The van der Waals surface area contributed by atoms with Gasteiger partial charge in [0.2, 0.25) is 29.0 Å². The third kappa shape index (κ3) is 2.76. The van der Waals surface area contributed by atoms with Gasteiger partial charge in [-0.2, -0.15) is 0 Å². The summed E-state index contributed by atoms with van der Waals surface area (Å²) in [5.41, 5.74) is 0.345. The molecule has 3 aliphatic rings. The zero-order valence-corrected chi connectivity index (χ0v) is 19.1. The molecule has 2 saturated heterocycles. The molecule has 3 atom stereocenters. The summed E-state index contributed by atoms with van der Waals surface area (Å²) < 4.78 is 11.5. The third-order valence-electron chi connectivity index (χ3n) is 7.26. The minimum absolute atomic E-state index is 0.212. The van der Waals surface area contributed by atoms with Crippen molar-refractivity contribution in [2.75, 3.05) is 12.0 Å². The van der Waals surface area contributed by atoms with Crippen LogP contribution in [-0.2, 0) is 14.3 Å². The van der Waals surface area contributed by atoms with E-state index in [9.17, 15) is 19.2 Å². The Hall–Kier alpha value is -4.10. The van der Waals surface area contributed by atoms with Crippen molar-refractivity contribution in [2.45, 2.75) is 18.6 Å². The van der Waals surface area contributed by atoms with Gasteiger partial charge in [0.15, 0.2) is 0 Å². The number of aryl methyl sites for hydroxylation is 1. The minimum Gasteiger partial charge on any atom is -0.497 e. The average molecular weight is 467 g/mol. The van der Waals surface area contributed by atoms with Crippen LogP contribution >= 0.6 is 0 Å². The SMILES string of the molecule is COc1ccc(N2C(=O)[C@@H]3[C@@H](C2=O)C2(O[C@H]3c3ccc(C)cc3)C(=O)c3ccccc3C2=O)cc1. The van der Waals surface area contributed by atoms with E-state index < -0.39 is 46.9 Å². The lowest BCUT2D eigenvalue weighted by atomic mass is 9.77. The van der Waals surface area contributed by atoms with Crippen LogP contribution in [-0.4, -0.2) is 36.1 Å². The van der Waals surface area contributed by atoms with E-state index in [1.807, 2.05) is 19.1 Å². The molecule has 0 N–H and O–H groups in total. The number of fused-ring (bicyclic) bond motifs is 3. The van der Waals surface area contributed by atoms with Crippen molar-refractivity contribution in [1.82, 2.24) is 0 Å². The number of benzene rings is 3. The highest BCUT2D eigenvalue weighted by atomic mass is 16.5. The first kappa shape index (κ1) is 21.4. The molecule has 7 nitrogen and oxygen atoms in total. The van der Waals surface area contributed by atoms with Gasteiger partial charge in [0, 0.05) is 11.1 Å². The lowest BCUT2D eigenvalue weighted by molar-refractivity contribution is -0.127. The summed E-state index contributed by atoms with van der Waals surface area (Å²) in [7, 11) is 1.52. The Bertz CT molecular complexity index is 1370. The zero-order chi connectivity index (χ0) is 24.5. The Morgan fingerprint density at radius 2 is 1.40 bits per heavy atom. The van der Waals surface area contributed by atoms with Crippen molar-refractivity contribution in [3.63, 3.8) is 0 Å². The molecule has 0 bridgehead atoms. The smallest absolute Gasteiger partial charge is 0.241 e. The first-order valence-corrected chi connectivity index (χ1v) is 11.3. The number of carbonyl (C=O) groups is 4. The van der Waals surface area contributed by atoms with Crippen LogP contribution in [0.3, 0.4) is 0 Å². The summed E-state index contributed by atoms with van der Waals surface area (Å²) in [6, 6.07) is 20.3. The number of hydrogen-bond donors (Lipinski definition) is 0. The molecule has 7 heteroatoms. The van der Waals surface area contributed by atoms with Gasteiger partial charge in [-0.05, 0) is 36.8 Å². The zero-order valence-electron chi connectivity index (χ0n) is 19.1. The molecule has 6 rings (SSSR count). The predicted octanol–water partition coefficient (Wildman–Crippen LogP) is 3.70. The van der Waals surface area contributed by atoms with Gasteiger partial charge in [0.05, 0.1) is 30.7 Å². The molecule has 2 fully saturated rings. The number of carbonyl (C=O) groups excluding carboxylic acids is 4. The van der Waals surface area contributed by atoms with Gasteiger partial charge < -0.3 is 9.47 Å². The number of hydrogen-bond acceptors (Lipinski definition) is 6. The second kappa shape index (κ2) is 7.45. The molecule has 3 aromatic carbocycles. The maximum atomic E-state index is 13.9. The average Bonchev–Trinajstić information content (AvgIpc) is 3.44. The van der Waals surface area contributed by atoms with E-state index in [0.717, 1.165) is 10.5 Å². The van der Waals surface area contributed by atoms with Crippen LogP contribution < -0.4 is 9.64 Å². The van der Waals surface area contributed by atoms with Crippen LogP contribution in [0, 0.1) is 18.8 Å². The molecule has 174 valence electrons. The number of imide groups is 1. The Morgan fingerprint density at radius 3 is 1.97 bits per heavy atom. The first-order valence-electron chi connectivity index (χ1n) is 11.3. The molecule has 1 aliphatic carbocycles.